The van der Waals surface area contributed by atoms with E-state index in [1.807, 2.05) is 17.9 Å². The average Bonchev–Trinajstić information content (AvgIpc) is 2.99. The largest absolute Gasteiger partial charge is 0.364 e. The zero-order valence-electron chi connectivity index (χ0n) is 10.3. The van der Waals surface area contributed by atoms with E-state index in [1.165, 1.54) is 0 Å². The summed E-state index contributed by atoms with van der Waals surface area (Å²) in [7, 11) is 2.03. The van der Waals surface area contributed by atoms with Crippen LogP contribution in [0.15, 0.2) is 10.9 Å². The normalized spacial score (nSPS) is 23.5. The maximum atomic E-state index is 11.3. The molecule has 1 aliphatic rings. The average molecular weight is 270 g/mol. The Hall–Kier alpha value is -1.02. The number of aromatic nitrogens is 1. The van der Waals surface area contributed by atoms with Gasteiger partial charge < -0.3 is 4.74 Å². The van der Waals surface area contributed by atoms with Gasteiger partial charge in [-0.05, 0) is 19.9 Å². The second-order valence-electron chi connectivity index (χ2n) is 4.51. The van der Waals surface area contributed by atoms with Crippen LogP contribution in [0.5, 0.6) is 0 Å². The second-order valence-corrected chi connectivity index (χ2v) is 5.23. The number of carbonyl (C=O) groups excluding carboxylic acids is 1. The summed E-state index contributed by atoms with van der Waals surface area (Å²) in [5, 5.41) is 2.04. The summed E-state index contributed by atoms with van der Waals surface area (Å²) in [6.45, 7) is 1.60. The molecule has 1 amide bonds. The van der Waals surface area contributed by atoms with Crippen molar-refractivity contribution >= 4 is 17.2 Å². The Morgan fingerprint density at radius 3 is 3.22 bits per heavy atom. The molecule has 3 N–H and O–H groups in total. The summed E-state index contributed by atoms with van der Waals surface area (Å²) in [4.78, 5) is 17.7. The molecule has 0 spiro atoms. The predicted molar refractivity (Wildman–Crippen MR) is 68.7 cm³/mol. The van der Waals surface area contributed by atoms with Gasteiger partial charge in [0.15, 0.2) is 0 Å². The number of hydrogen-bond acceptors (Lipinski definition) is 6. The van der Waals surface area contributed by atoms with Crippen LogP contribution in [0.2, 0.25) is 0 Å². The number of rotatable bonds is 5. The first-order valence-electron chi connectivity index (χ1n) is 5.90. The maximum absolute atomic E-state index is 11.3. The van der Waals surface area contributed by atoms with Crippen LogP contribution in [-0.4, -0.2) is 41.6 Å². The van der Waals surface area contributed by atoms with Gasteiger partial charge in [-0.15, -0.1) is 11.3 Å². The molecule has 0 bridgehead atoms. The Labute approximate surface area is 110 Å². The van der Waals surface area contributed by atoms with E-state index in [1.54, 1.807) is 11.3 Å². The van der Waals surface area contributed by atoms with E-state index >= 15 is 0 Å². The Balaban J connectivity index is 1.75. The third-order valence-corrected chi connectivity index (χ3v) is 3.61. The van der Waals surface area contributed by atoms with E-state index in [0.717, 1.165) is 31.6 Å². The summed E-state index contributed by atoms with van der Waals surface area (Å²) < 4.78 is 5.65. The third kappa shape index (κ3) is 3.49. The standard InChI is InChI=1S/C11H18N4O2S/c1-15(4-8-6-18-7-13-8)5-9-2-3-10(17-9)11(16)14-12/h6-7,9-10H,2-5,12H2,1H3,(H,14,16). The lowest BCUT2D eigenvalue weighted by molar-refractivity contribution is -0.132. The number of nitrogens with two attached hydrogens (primary N) is 1. The van der Waals surface area contributed by atoms with Gasteiger partial charge in [0.25, 0.3) is 5.91 Å². The minimum Gasteiger partial charge on any atom is -0.364 e. The molecule has 1 fully saturated rings. The van der Waals surface area contributed by atoms with Crippen molar-refractivity contribution in [2.75, 3.05) is 13.6 Å². The van der Waals surface area contributed by atoms with Crippen molar-refractivity contribution < 1.29 is 9.53 Å². The second kappa shape index (κ2) is 6.24. The molecule has 0 radical (unpaired) electrons. The van der Waals surface area contributed by atoms with Gasteiger partial charge >= 0.3 is 0 Å². The fraction of sp³-hybridized carbons (Fsp3) is 0.636. The minimum atomic E-state index is -0.396. The van der Waals surface area contributed by atoms with Crippen LogP contribution >= 0.6 is 11.3 Å². The monoisotopic (exact) mass is 270 g/mol. The number of nitrogens with zero attached hydrogens (tertiary/aromatic N) is 2. The first-order valence-corrected chi connectivity index (χ1v) is 6.85. The van der Waals surface area contributed by atoms with Crippen LogP contribution < -0.4 is 11.3 Å². The first-order chi connectivity index (χ1) is 8.69. The molecule has 7 heteroatoms. The number of thiazole rings is 1. The molecule has 1 aromatic heterocycles. The molecule has 1 aliphatic heterocycles. The van der Waals surface area contributed by atoms with Crippen molar-refractivity contribution in [3.63, 3.8) is 0 Å². The van der Waals surface area contributed by atoms with Crippen LogP contribution in [0.4, 0.5) is 0 Å². The molecule has 2 rings (SSSR count). The molecule has 100 valence electrons. The topological polar surface area (TPSA) is 80.5 Å². The van der Waals surface area contributed by atoms with Crippen molar-refractivity contribution in [1.82, 2.24) is 15.3 Å². The molecule has 0 saturated carbocycles. The smallest absolute Gasteiger partial charge is 0.263 e. The van der Waals surface area contributed by atoms with Crippen LogP contribution in [0.1, 0.15) is 18.5 Å². The minimum absolute atomic E-state index is 0.0935. The number of nitrogens with one attached hydrogen (secondary N) is 1. The number of ether oxygens (including phenoxy) is 1. The quantitative estimate of drug-likeness (QED) is 0.451. The maximum Gasteiger partial charge on any atom is 0.263 e. The van der Waals surface area contributed by atoms with E-state index in [-0.39, 0.29) is 12.0 Å². The Bertz CT molecular complexity index is 384. The number of amides is 1. The van der Waals surface area contributed by atoms with Crippen LogP contribution in [0.3, 0.4) is 0 Å². The molecule has 2 atom stereocenters. The first kappa shape index (κ1) is 13.4. The summed E-state index contributed by atoms with van der Waals surface area (Å²) in [5.74, 6) is 4.86. The van der Waals surface area contributed by atoms with Crippen molar-refractivity contribution in [2.24, 2.45) is 5.84 Å². The lowest BCUT2D eigenvalue weighted by atomic mass is 10.2. The van der Waals surface area contributed by atoms with Gasteiger partial charge in [-0.2, -0.15) is 0 Å². The van der Waals surface area contributed by atoms with Gasteiger partial charge in [-0.1, -0.05) is 0 Å². The van der Waals surface area contributed by atoms with Gasteiger partial charge in [0.1, 0.15) is 6.10 Å². The fourth-order valence-electron chi connectivity index (χ4n) is 2.13. The van der Waals surface area contributed by atoms with E-state index in [2.05, 4.69) is 15.3 Å². The number of likely N-dealkylation sites (N-methyl/N-ethyl adjacent to an activating group) is 1. The fourth-order valence-corrected chi connectivity index (χ4v) is 2.68. The highest BCUT2D eigenvalue weighted by Crippen LogP contribution is 2.20. The highest BCUT2D eigenvalue weighted by molar-refractivity contribution is 7.07. The van der Waals surface area contributed by atoms with Crippen molar-refractivity contribution in [1.29, 1.82) is 0 Å². The predicted octanol–water partition coefficient (Wildman–Crippen LogP) is 0.112. The lowest BCUT2D eigenvalue weighted by Gasteiger charge is -2.20. The molecular weight excluding hydrogens is 252 g/mol. The molecule has 18 heavy (non-hydrogen) atoms. The molecule has 6 nitrogen and oxygen atoms in total. The van der Waals surface area contributed by atoms with E-state index in [4.69, 9.17) is 10.6 Å². The Morgan fingerprint density at radius 1 is 1.72 bits per heavy atom. The van der Waals surface area contributed by atoms with E-state index < -0.39 is 6.10 Å². The number of hydrazine groups is 1. The van der Waals surface area contributed by atoms with Crippen molar-refractivity contribution in [2.45, 2.75) is 31.6 Å². The highest BCUT2D eigenvalue weighted by atomic mass is 32.1. The summed E-state index contributed by atoms with van der Waals surface area (Å²) in [6, 6.07) is 0. The number of carbonyl (C=O) groups is 1. The van der Waals surface area contributed by atoms with Gasteiger partial charge in [-0.3, -0.25) is 15.1 Å². The van der Waals surface area contributed by atoms with E-state index in [0.29, 0.717) is 0 Å². The molecule has 2 unspecified atom stereocenters. The highest BCUT2D eigenvalue weighted by Gasteiger charge is 2.30. The molecule has 0 aliphatic carbocycles. The molecular formula is C11H18N4O2S. The van der Waals surface area contributed by atoms with Gasteiger partial charge in [0.05, 0.1) is 17.3 Å². The van der Waals surface area contributed by atoms with Gasteiger partial charge in [-0.25, -0.2) is 10.8 Å². The van der Waals surface area contributed by atoms with Crippen LogP contribution in [0, 0.1) is 0 Å². The van der Waals surface area contributed by atoms with Gasteiger partial charge in [0.2, 0.25) is 0 Å². The molecule has 1 saturated heterocycles. The van der Waals surface area contributed by atoms with Crippen LogP contribution in [0.25, 0.3) is 0 Å². The summed E-state index contributed by atoms with van der Waals surface area (Å²) in [5.41, 5.74) is 5.03. The van der Waals surface area contributed by atoms with Crippen molar-refractivity contribution in [3.05, 3.63) is 16.6 Å². The SMILES string of the molecule is CN(Cc1cscn1)CC1CCC(C(=O)NN)O1. The van der Waals surface area contributed by atoms with Gasteiger partial charge in [0, 0.05) is 18.5 Å². The molecule has 2 heterocycles. The Morgan fingerprint density at radius 2 is 2.56 bits per heavy atom. The van der Waals surface area contributed by atoms with Crippen LogP contribution in [-0.2, 0) is 16.1 Å². The summed E-state index contributed by atoms with van der Waals surface area (Å²) in [6.07, 6.45) is 1.32. The Kier molecular flexibility index (Phi) is 4.65. The summed E-state index contributed by atoms with van der Waals surface area (Å²) >= 11 is 1.60. The lowest BCUT2D eigenvalue weighted by Crippen LogP contribution is -2.39. The number of hydrogen-bond donors (Lipinski definition) is 2. The zero-order valence-corrected chi connectivity index (χ0v) is 11.2. The van der Waals surface area contributed by atoms with E-state index in [9.17, 15) is 4.79 Å². The third-order valence-electron chi connectivity index (χ3n) is 2.97. The van der Waals surface area contributed by atoms with Crippen molar-refractivity contribution in [3.8, 4) is 0 Å². The molecule has 0 aromatic carbocycles. The molecule has 1 aromatic rings. The zero-order chi connectivity index (χ0) is 13.0.